The Morgan fingerprint density at radius 2 is 2.27 bits per heavy atom. The zero-order valence-electron chi connectivity index (χ0n) is 7.82. The molecule has 0 saturated carbocycles. The third-order valence-corrected chi connectivity index (χ3v) is 2.94. The Morgan fingerprint density at radius 3 is 2.93 bits per heavy atom. The minimum Gasteiger partial charge on any atom is -0.506 e. The van der Waals surface area contributed by atoms with Crippen LogP contribution in [0.15, 0.2) is 18.2 Å². The van der Waals surface area contributed by atoms with E-state index in [0.717, 1.165) is 0 Å². The molecule has 5 heteroatoms. The number of aromatic hydroxyl groups is 1. The molecule has 1 saturated heterocycles. The van der Waals surface area contributed by atoms with Crippen LogP contribution < -0.4 is 0 Å². The summed E-state index contributed by atoms with van der Waals surface area (Å²) in [5, 5.41) is 9.68. The molecule has 0 bridgehead atoms. The molecule has 1 aromatic carbocycles. The van der Waals surface area contributed by atoms with E-state index in [-0.39, 0.29) is 16.9 Å². The molecule has 2 atom stereocenters. The summed E-state index contributed by atoms with van der Waals surface area (Å²) in [6.45, 7) is 0.445. The van der Waals surface area contributed by atoms with E-state index in [9.17, 15) is 5.11 Å². The predicted molar refractivity (Wildman–Crippen MR) is 57.4 cm³/mol. The van der Waals surface area contributed by atoms with Gasteiger partial charge in [0, 0.05) is 5.56 Å². The van der Waals surface area contributed by atoms with E-state index in [1.807, 2.05) is 0 Å². The van der Waals surface area contributed by atoms with E-state index < -0.39 is 6.29 Å². The topological polar surface area (TPSA) is 38.7 Å². The smallest absolute Gasteiger partial charge is 0.186 e. The molecular formula is C10H10Cl2O3. The Hall–Kier alpha value is -0.480. The largest absolute Gasteiger partial charge is 0.506 e. The molecule has 1 aromatic rings. The average Bonchev–Trinajstić information content (AvgIpc) is 2.70. The second-order valence-corrected chi connectivity index (χ2v) is 3.94. The van der Waals surface area contributed by atoms with Crippen LogP contribution in [0.5, 0.6) is 5.75 Å². The SMILES string of the molecule is Oc1cccc(C2OCC(CCl)O2)c1Cl. The molecule has 0 aromatic heterocycles. The fourth-order valence-corrected chi connectivity index (χ4v) is 1.79. The number of alkyl halides is 1. The summed E-state index contributed by atoms with van der Waals surface area (Å²) >= 11 is 11.6. The number of hydrogen-bond acceptors (Lipinski definition) is 3. The van der Waals surface area contributed by atoms with Gasteiger partial charge in [-0.2, -0.15) is 0 Å². The maximum absolute atomic E-state index is 9.41. The molecule has 0 spiro atoms. The van der Waals surface area contributed by atoms with E-state index in [1.54, 1.807) is 12.1 Å². The number of phenols is 1. The summed E-state index contributed by atoms with van der Waals surface area (Å²) in [4.78, 5) is 0. The molecule has 0 aliphatic carbocycles. The number of hydrogen-bond donors (Lipinski definition) is 1. The minimum absolute atomic E-state index is 0.0238. The summed E-state index contributed by atoms with van der Waals surface area (Å²) in [7, 11) is 0. The average molecular weight is 249 g/mol. The number of benzene rings is 1. The van der Waals surface area contributed by atoms with E-state index in [1.165, 1.54) is 6.07 Å². The van der Waals surface area contributed by atoms with Gasteiger partial charge in [0.05, 0.1) is 23.6 Å². The Labute approximate surface area is 97.5 Å². The van der Waals surface area contributed by atoms with Gasteiger partial charge in [0.25, 0.3) is 0 Å². The highest BCUT2D eigenvalue weighted by Gasteiger charge is 2.28. The van der Waals surface area contributed by atoms with Gasteiger partial charge < -0.3 is 14.6 Å². The lowest BCUT2D eigenvalue weighted by atomic mass is 10.2. The zero-order chi connectivity index (χ0) is 10.8. The van der Waals surface area contributed by atoms with E-state index >= 15 is 0 Å². The van der Waals surface area contributed by atoms with Crippen molar-refractivity contribution in [3.63, 3.8) is 0 Å². The van der Waals surface area contributed by atoms with Gasteiger partial charge in [-0.3, -0.25) is 0 Å². The Bertz CT molecular complexity index is 357. The molecule has 1 heterocycles. The molecule has 15 heavy (non-hydrogen) atoms. The van der Waals surface area contributed by atoms with Gasteiger partial charge in [-0.15, -0.1) is 11.6 Å². The lowest BCUT2D eigenvalue weighted by Gasteiger charge is -2.12. The third kappa shape index (κ3) is 2.21. The molecule has 0 radical (unpaired) electrons. The summed E-state index contributed by atoms with van der Waals surface area (Å²) < 4.78 is 10.9. The van der Waals surface area contributed by atoms with Crippen molar-refractivity contribution in [2.45, 2.75) is 12.4 Å². The van der Waals surface area contributed by atoms with Gasteiger partial charge >= 0.3 is 0 Å². The van der Waals surface area contributed by atoms with Crippen LogP contribution in [0.25, 0.3) is 0 Å². The summed E-state index contributed by atoms with van der Waals surface area (Å²) in [6, 6.07) is 4.96. The Morgan fingerprint density at radius 1 is 1.47 bits per heavy atom. The second kappa shape index (κ2) is 4.58. The first-order valence-corrected chi connectivity index (χ1v) is 5.44. The molecule has 1 fully saturated rings. The van der Waals surface area contributed by atoms with Crippen molar-refractivity contribution < 1.29 is 14.6 Å². The maximum Gasteiger partial charge on any atom is 0.186 e. The van der Waals surface area contributed by atoms with Crippen molar-refractivity contribution in [1.82, 2.24) is 0 Å². The van der Waals surface area contributed by atoms with Crippen molar-refractivity contribution in [3.05, 3.63) is 28.8 Å². The second-order valence-electron chi connectivity index (χ2n) is 3.26. The van der Waals surface area contributed by atoms with Crippen LogP contribution in [0, 0.1) is 0 Å². The molecule has 1 N–H and O–H groups in total. The summed E-state index contributed by atoms with van der Waals surface area (Å²) in [5.74, 6) is 0.406. The first-order chi connectivity index (χ1) is 7.22. The number of phenolic OH excluding ortho intramolecular Hbond substituents is 1. The van der Waals surface area contributed by atoms with Gasteiger partial charge in [-0.05, 0) is 6.07 Å². The third-order valence-electron chi connectivity index (χ3n) is 2.18. The quantitative estimate of drug-likeness (QED) is 0.819. The monoisotopic (exact) mass is 248 g/mol. The molecular weight excluding hydrogens is 239 g/mol. The van der Waals surface area contributed by atoms with Crippen LogP contribution in [-0.2, 0) is 9.47 Å². The molecule has 1 aliphatic heterocycles. The van der Waals surface area contributed by atoms with Crippen LogP contribution in [-0.4, -0.2) is 23.7 Å². The first-order valence-electron chi connectivity index (χ1n) is 4.52. The molecule has 1 aliphatic rings. The summed E-state index contributed by atoms with van der Waals surface area (Å²) in [5.41, 5.74) is 0.629. The van der Waals surface area contributed by atoms with E-state index in [2.05, 4.69) is 0 Å². The number of halogens is 2. The van der Waals surface area contributed by atoms with Crippen molar-refractivity contribution in [2.75, 3.05) is 12.5 Å². The van der Waals surface area contributed by atoms with Crippen molar-refractivity contribution in [3.8, 4) is 5.75 Å². The van der Waals surface area contributed by atoms with Crippen LogP contribution >= 0.6 is 23.2 Å². The van der Waals surface area contributed by atoms with Crippen molar-refractivity contribution in [1.29, 1.82) is 0 Å². The van der Waals surface area contributed by atoms with Crippen LogP contribution in [0.1, 0.15) is 11.9 Å². The lowest BCUT2D eigenvalue weighted by molar-refractivity contribution is -0.0567. The minimum atomic E-state index is -0.534. The van der Waals surface area contributed by atoms with Crippen LogP contribution in [0.4, 0.5) is 0 Å². The molecule has 0 amide bonds. The van der Waals surface area contributed by atoms with Crippen molar-refractivity contribution >= 4 is 23.2 Å². The van der Waals surface area contributed by atoms with E-state index in [4.69, 9.17) is 32.7 Å². The van der Waals surface area contributed by atoms with Gasteiger partial charge in [0.2, 0.25) is 0 Å². The molecule has 2 rings (SSSR count). The maximum atomic E-state index is 9.41. The molecule has 2 unspecified atom stereocenters. The highest BCUT2D eigenvalue weighted by atomic mass is 35.5. The predicted octanol–water partition coefficient (Wildman–Crippen LogP) is 2.70. The Kier molecular flexibility index (Phi) is 3.36. The van der Waals surface area contributed by atoms with Gasteiger partial charge in [-0.25, -0.2) is 0 Å². The van der Waals surface area contributed by atoms with Crippen molar-refractivity contribution in [2.24, 2.45) is 0 Å². The number of rotatable bonds is 2. The fourth-order valence-electron chi connectivity index (χ4n) is 1.41. The van der Waals surface area contributed by atoms with E-state index in [0.29, 0.717) is 18.1 Å². The number of ether oxygens (including phenoxy) is 2. The first kappa shape index (κ1) is 11.0. The summed E-state index contributed by atoms with van der Waals surface area (Å²) in [6.07, 6.45) is -0.650. The van der Waals surface area contributed by atoms with Gasteiger partial charge in [0.1, 0.15) is 5.75 Å². The Balaban J connectivity index is 2.20. The zero-order valence-corrected chi connectivity index (χ0v) is 9.33. The molecule has 3 nitrogen and oxygen atoms in total. The normalized spacial score (nSPS) is 25.7. The standard InChI is InChI=1S/C10H10Cl2O3/c11-4-6-5-14-10(15-6)7-2-1-3-8(13)9(7)12/h1-3,6,10,13H,4-5H2. The highest BCUT2D eigenvalue weighted by molar-refractivity contribution is 6.32. The van der Waals surface area contributed by atoms with Crippen LogP contribution in [0.2, 0.25) is 5.02 Å². The lowest BCUT2D eigenvalue weighted by Crippen LogP contribution is -2.10. The van der Waals surface area contributed by atoms with Gasteiger partial charge in [0.15, 0.2) is 6.29 Å². The fraction of sp³-hybridized carbons (Fsp3) is 0.400. The van der Waals surface area contributed by atoms with Crippen LogP contribution in [0.3, 0.4) is 0 Å². The van der Waals surface area contributed by atoms with Gasteiger partial charge in [-0.1, -0.05) is 23.7 Å². The molecule has 82 valence electrons. The highest BCUT2D eigenvalue weighted by Crippen LogP contribution is 2.36.